The molecule has 2 aliphatic carbocycles. The Kier molecular flexibility index (Phi) is 2.90. The number of benzene rings is 1. The Morgan fingerprint density at radius 2 is 1.29 bits per heavy atom. The number of rotatable bonds is 2. The first kappa shape index (κ1) is 10.5. The van der Waals surface area contributed by atoms with E-state index in [-0.39, 0.29) is 0 Å². The maximum Gasteiger partial charge on any atom is -0.0106 e. The third-order valence-corrected chi connectivity index (χ3v) is 4.17. The van der Waals surface area contributed by atoms with Gasteiger partial charge in [0.25, 0.3) is 0 Å². The Bertz CT molecular complexity index is 587. The van der Waals surface area contributed by atoms with Gasteiger partial charge in [0.15, 0.2) is 0 Å². The molecule has 2 aliphatic rings. The molecule has 1 heteroatoms. The summed E-state index contributed by atoms with van der Waals surface area (Å²) in [5.41, 5.74) is 2.70. The lowest BCUT2D eigenvalue weighted by atomic mass is 10.2. The zero-order valence-corrected chi connectivity index (χ0v) is 10.4. The summed E-state index contributed by atoms with van der Waals surface area (Å²) < 4.78 is 0. The average Bonchev–Trinajstić information content (AvgIpc) is 2.61. The van der Waals surface area contributed by atoms with Crippen LogP contribution in [0.1, 0.15) is 0 Å². The Hall–Kier alpha value is -1.65. The lowest BCUT2D eigenvalue weighted by Gasteiger charge is -2.02. The van der Waals surface area contributed by atoms with E-state index in [0.717, 1.165) is 8.58 Å². The van der Waals surface area contributed by atoms with Crippen LogP contribution in [-0.4, -0.2) is 0 Å². The van der Waals surface area contributed by atoms with E-state index in [9.17, 15) is 0 Å². The molecule has 0 saturated carbocycles. The minimum absolute atomic E-state index is 0.738. The van der Waals surface area contributed by atoms with Gasteiger partial charge in [0.1, 0.15) is 0 Å². The van der Waals surface area contributed by atoms with Crippen molar-refractivity contribution in [2.45, 2.75) is 0 Å². The van der Waals surface area contributed by atoms with E-state index in [2.05, 4.69) is 72.8 Å². The lowest BCUT2D eigenvalue weighted by Crippen LogP contribution is -2.01. The predicted octanol–water partition coefficient (Wildman–Crippen LogP) is 3.42. The van der Waals surface area contributed by atoms with Gasteiger partial charge in [-0.1, -0.05) is 81.4 Å². The Morgan fingerprint density at radius 3 is 2.12 bits per heavy atom. The van der Waals surface area contributed by atoms with Crippen LogP contribution in [0.15, 0.2) is 72.8 Å². The summed E-state index contributed by atoms with van der Waals surface area (Å²) in [6.45, 7) is 0. The first-order valence-electron chi connectivity index (χ1n) is 5.73. The van der Waals surface area contributed by atoms with Crippen LogP contribution in [0.25, 0.3) is 11.1 Å². The van der Waals surface area contributed by atoms with E-state index in [1.165, 1.54) is 21.7 Å². The molecule has 0 bridgehead atoms. The third kappa shape index (κ3) is 2.23. The Morgan fingerprint density at radius 1 is 0.588 bits per heavy atom. The third-order valence-electron chi connectivity index (χ3n) is 2.84. The first-order valence-corrected chi connectivity index (χ1v) is 6.73. The lowest BCUT2D eigenvalue weighted by molar-refractivity contribution is 1.78. The van der Waals surface area contributed by atoms with E-state index < -0.39 is 0 Å². The molecule has 3 rings (SSSR count). The standard InChI is InChI=1S/C16H13P/c1-3-7-13-11-12-16(15(13)10-6-1)17-14-8-4-2-5-9-14/h1-12,17H. The van der Waals surface area contributed by atoms with Gasteiger partial charge >= 0.3 is 0 Å². The van der Waals surface area contributed by atoms with E-state index >= 15 is 0 Å². The second kappa shape index (κ2) is 4.69. The van der Waals surface area contributed by atoms with Crippen LogP contribution in [0.3, 0.4) is 0 Å². The second-order valence-electron chi connectivity index (χ2n) is 4.02. The van der Waals surface area contributed by atoms with Crippen molar-refractivity contribution in [3.05, 3.63) is 72.8 Å². The fraction of sp³-hybridized carbons (Fsp3) is 0. The van der Waals surface area contributed by atoms with Crippen LogP contribution in [0.4, 0.5) is 0 Å². The molecule has 0 spiro atoms. The quantitative estimate of drug-likeness (QED) is 0.598. The molecule has 0 radical (unpaired) electrons. The predicted molar refractivity (Wildman–Crippen MR) is 77.1 cm³/mol. The minimum atomic E-state index is 0.738. The van der Waals surface area contributed by atoms with Gasteiger partial charge in [0.2, 0.25) is 0 Å². The van der Waals surface area contributed by atoms with Gasteiger partial charge in [0.05, 0.1) is 0 Å². The molecular formula is C16H13P. The molecule has 17 heavy (non-hydrogen) atoms. The van der Waals surface area contributed by atoms with Crippen LogP contribution in [0.2, 0.25) is 0 Å². The summed E-state index contributed by atoms with van der Waals surface area (Å²) in [6.07, 6.45) is 0. The molecule has 0 aromatic heterocycles. The van der Waals surface area contributed by atoms with Gasteiger partial charge in [-0.3, -0.25) is 0 Å². The van der Waals surface area contributed by atoms with Crippen LogP contribution in [-0.2, 0) is 0 Å². The van der Waals surface area contributed by atoms with Crippen molar-refractivity contribution in [2.75, 3.05) is 0 Å². The zero-order valence-electron chi connectivity index (χ0n) is 9.43. The summed E-state index contributed by atoms with van der Waals surface area (Å²) in [5.74, 6) is 0. The van der Waals surface area contributed by atoms with Crippen LogP contribution in [0.5, 0.6) is 0 Å². The van der Waals surface area contributed by atoms with Crippen LogP contribution >= 0.6 is 8.58 Å². The van der Waals surface area contributed by atoms with Crippen molar-refractivity contribution >= 4 is 19.2 Å². The van der Waals surface area contributed by atoms with E-state index in [1.54, 1.807) is 0 Å². The summed E-state index contributed by atoms with van der Waals surface area (Å²) in [5, 5.41) is 2.83. The average molecular weight is 236 g/mol. The van der Waals surface area contributed by atoms with Crippen molar-refractivity contribution in [1.29, 1.82) is 0 Å². The molecule has 0 amide bonds. The topological polar surface area (TPSA) is 0 Å². The van der Waals surface area contributed by atoms with Gasteiger partial charge < -0.3 is 0 Å². The molecule has 1 atom stereocenters. The molecule has 0 saturated heterocycles. The van der Waals surface area contributed by atoms with Gasteiger partial charge in [-0.25, -0.2) is 0 Å². The highest BCUT2D eigenvalue weighted by molar-refractivity contribution is 7.55. The van der Waals surface area contributed by atoms with E-state index in [0.29, 0.717) is 0 Å². The molecule has 82 valence electrons. The van der Waals surface area contributed by atoms with Crippen molar-refractivity contribution in [3.8, 4) is 11.1 Å². The SMILES string of the molecule is c1ccc(Pc2ccc3cccccc2-3)cc1. The molecule has 0 N–H and O–H groups in total. The largest absolute Gasteiger partial charge is 0.0622 e. The summed E-state index contributed by atoms with van der Waals surface area (Å²) >= 11 is 0. The highest BCUT2D eigenvalue weighted by Gasteiger charge is 2.07. The van der Waals surface area contributed by atoms with Crippen molar-refractivity contribution in [3.63, 3.8) is 0 Å². The first-order chi connectivity index (χ1) is 8.43. The van der Waals surface area contributed by atoms with E-state index in [4.69, 9.17) is 0 Å². The second-order valence-corrected chi connectivity index (χ2v) is 5.38. The Labute approximate surface area is 103 Å². The molecule has 0 fully saturated rings. The monoisotopic (exact) mass is 236 g/mol. The summed E-state index contributed by atoms with van der Waals surface area (Å²) in [4.78, 5) is 0. The van der Waals surface area contributed by atoms with Gasteiger partial charge in [0, 0.05) is 0 Å². The van der Waals surface area contributed by atoms with Crippen molar-refractivity contribution in [2.24, 2.45) is 0 Å². The number of fused-ring (bicyclic) bond motifs is 1. The molecule has 1 unspecified atom stereocenters. The fourth-order valence-electron chi connectivity index (χ4n) is 2.00. The van der Waals surface area contributed by atoms with Gasteiger partial charge in [-0.05, 0) is 21.7 Å². The molecular weight excluding hydrogens is 223 g/mol. The smallest absolute Gasteiger partial charge is 0.0106 e. The van der Waals surface area contributed by atoms with Crippen LogP contribution < -0.4 is 10.6 Å². The van der Waals surface area contributed by atoms with Crippen LogP contribution in [0, 0.1) is 0 Å². The van der Waals surface area contributed by atoms with Crippen molar-refractivity contribution in [1.82, 2.24) is 0 Å². The highest BCUT2D eigenvalue weighted by Crippen LogP contribution is 2.25. The molecule has 1 aromatic rings. The minimum Gasteiger partial charge on any atom is -0.0622 e. The maximum absolute atomic E-state index is 2.25. The van der Waals surface area contributed by atoms with Gasteiger partial charge in [-0.2, -0.15) is 0 Å². The fourth-order valence-corrected chi connectivity index (χ4v) is 3.20. The summed E-state index contributed by atoms with van der Waals surface area (Å²) in [7, 11) is 0.738. The Balaban J connectivity index is 1.99. The molecule has 1 aromatic carbocycles. The van der Waals surface area contributed by atoms with Crippen molar-refractivity contribution < 1.29 is 0 Å². The van der Waals surface area contributed by atoms with Gasteiger partial charge in [-0.15, -0.1) is 0 Å². The normalized spacial score (nSPS) is 11.3. The maximum atomic E-state index is 2.25. The molecule has 0 nitrogen and oxygen atoms in total. The summed E-state index contributed by atoms with van der Waals surface area (Å²) in [6, 6.07) is 25.8. The zero-order chi connectivity index (χ0) is 11.5. The highest BCUT2D eigenvalue weighted by atomic mass is 31.1. The number of hydrogen-bond donors (Lipinski definition) is 0. The van der Waals surface area contributed by atoms with E-state index in [1.807, 2.05) is 0 Å². The molecule has 0 aliphatic heterocycles. The number of hydrogen-bond acceptors (Lipinski definition) is 0. The molecule has 0 heterocycles.